The number of aliphatic hydroxyl groups is 1. The zero-order valence-electron chi connectivity index (χ0n) is 13.0. The number of ether oxygens (including phenoxy) is 2. The highest BCUT2D eigenvalue weighted by Gasteiger charge is 2.26. The van der Waals surface area contributed by atoms with Gasteiger partial charge in [0.1, 0.15) is 0 Å². The van der Waals surface area contributed by atoms with E-state index in [0.29, 0.717) is 6.61 Å². The molecule has 0 amide bonds. The van der Waals surface area contributed by atoms with Crippen LogP contribution in [0, 0.1) is 5.92 Å². The molecule has 2 aliphatic heterocycles. The van der Waals surface area contributed by atoms with E-state index in [0.717, 1.165) is 51.9 Å². The summed E-state index contributed by atoms with van der Waals surface area (Å²) in [4.78, 5) is 4.88. The Morgan fingerprint density at radius 2 is 1.95 bits per heavy atom. The zero-order chi connectivity index (χ0) is 14.4. The van der Waals surface area contributed by atoms with E-state index in [9.17, 15) is 5.11 Å². The van der Waals surface area contributed by atoms with Gasteiger partial charge in [0, 0.05) is 32.7 Å². The third-order valence-corrected chi connectivity index (χ3v) is 4.08. The fourth-order valence-electron chi connectivity index (χ4n) is 3.03. The minimum absolute atomic E-state index is 0.192. The van der Waals surface area contributed by atoms with Crippen LogP contribution in [0.2, 0.25) is 0 Å². The average Bonchev–Trinajstić information content (AvgIpc) is 2.85. The molecule has 0 saturated carbocycles. The van der Waals surface area contributed by atoms with Gasteiger partial charge in [0.2, 0.25) is 0 Å². The molecule has 0 aliphatic carbocycles. The molecule has 2 unspecified atom stereocenters. The first kappa shape index (κ1) is 16.2. The molecule has 118 valence electrons. The molecule has 0 radical (unpaired) electrons. The van der Waals surface area contributed by atoms with Crippen molar-refractivity contribution in [2.45, 2.75) is 32.5 Å². The van der Waals surface area contributed by atoms with E-state index < -0.39 is 0 Å². The van der Waals surface area contributed by atoms with Crippen molar-refractivity contribution in [3.05, 3.63) is 0 Å². The predicted octanol–water partition coefficient (Wildman–Crippen LogP) is 0.426. The van der Waals surface area contributed by atoms with Crippen LogP contribution in [-0.4, -0.2) is 86.2 Å². The summed E-state index contributed by atoms with van der Waals surface area (Å²) in [7, 11) is 0. The molecule has 0 spiro atoms. The molecule has 0 aromatic heterocycles. The van der Waals surface area contributed by atoms with E-state index in [1.807, 2.05) is 13.8 Å². The summed E-state index contributed by atoms with van der Waals surface area (Å²) in [5.74, 6) is 0.742. The Morgan fingerprint density at radius 1 is 1.20 bits per heavy atom. The first-order valence-corrected chi connectivity index (χ1v) is 7.95. The van der Waals surface area contributed by atoms with Crippen LogP contribution in [-0.2, 0) is 9.47 Å². The van der Waals surface area contributed by atoms with E-state index in [1.54, 1.807) is 0 Å². The van der Waals surface area contributed by atoms with Crippen LogP contribution in [0.4, 0.5) is 0 Å². The Bertz CT molecular complexity index is 270. The fraction of sp³-hybridized carbons (Fsp3) is 1.00. The van der Waals surface area contributed by atoms with Crippen molar-refractivity contribution >= 4 is 0 Å². The van der Waals surface area contributed by atoms with Crippen molar-refractivity contribution in [3.8, 4) is 0 Å². The lowest BCUT2D eigenvalue weighted by Crippen LogP contribution is -2.40. The summed E-state index contributed by atoms with van der Waals surface area (Å²) in [6.07, 6.45) is 1.08. The Labute approximate surface area is 122 Å². The Kier molecular flexibility index (Phi) is 6.71. The molecule has 2 aliphatic rings. The maximum absolute atomic E-state index is 9.97. The molecule has 5 heteroatoms. The van der Waals surface area contributed by atoms with Crippen LogP contribution in [0.3, 0.4) is 0 Å². The smallest absolute Gasteiger partial charge is 0.0900 e. The minimum atomic E-state index is -0.362. The molecule has 2 atom stereocenters. The van der Waals surface area contributed by atoms with Gasteiger partial charge in [0.25, 0.3) is 0 Å². The Morgan fingerprint density at radius 3 is 2.65 bits per heavy atom. The van der Waals surface area contributed by atoms with Gasteiger partial charge in [0.05, 0.1) is 32.0 Å². The molecule has 20 heavy (non-hydrogen) atoms. The van der Waals surface area contributed by atoms with Gasteiger partial charge in [-0.2, -0.15) is 0 Å². The number of hydrogen-bond acceptors (Lipinski definition) is 5. The first-order valence-electron chi connectivity index (χ1n) is 7.95. The van der Waals surface area contributed by atoms with Gasteiger partial charge in [0.15, 0.2) is 0 Å². The SMILES string of the molecule is CC(C)OCC(O)CN1CCC(CN2CCOCC2)C1. The molecule has 2 heterocycles. The first-order chi connectivity index (χ1) is 9.63. The molecule has 1 N–H and O–H groups in total. The molecule has 0 aromatic carbocycles. The van der Waals surface area contributed by atoms with E-state index in [4.69, 9.17) is 9.47 Å². The van der Waals surface area contributed by atoms with E-state index >= 15 is 0 Å². The van der Waals surface area contributed by atoms with Gasteiger partial charge in [-0.15, -0.1) is 0 Å². The maximum atomic E-state index is 9.97. The summed E-state index contributed by atoms with van der Waals surface area (Å²) in [6, 6.07) is 0. The third kappa shape index (κ3) is 5.66. The number of nitrogens with zero attached hydrogens (tertiary/aromatic N) is 2. The lowest BCUT2D eigenvalue weighted by molar-refractivity contribution is -0.00669. The van der Waals surface area contributed by atoms with E-state index in [-0.39, 0.29) is 12.2 Å². The molecule has 2 saturated heterocycles. The highest BCUT2D eigenvalue weighted by atomic mass is 16.5. The lowest BCUT2D eigenvalue weighted by Gasteiger charge is -2.29. The van der Waals surface area contributed by atoms with Crippen molar-refractivity contribution in [2.24, 2.45) is 5.92 Å². The van der Waals surface area contributed by atoms with Crippen molar-refractivity contribution in [3.63, 3.8) is 0 Å². The number of β-amino-alcohol motifs (C(OH)–C–C–N with tert-alkyl or cyclic N) is 1. The topological polar surface area (TPSA) is 45.2 Å². The standard InChI is InChI=1S/C15H30N2O3/c1-13(2)20-12-15(18)11-17-4-3-14(10-17)9-16-5-7-19-8-6-16/h13-15,18H,3-12H2,1-2H3. The van der Waals surface area contributed by atoms with Crippen LogP contribution in [0.5, 0.6) is 0 Å². The molecule has 5 nitrogen and oxygen atoms in total. The van der Waals surface area contributed by atoms with Gasteiger partial charge in [-0.05, 0) is 32.7 Å². The highest BCUT2D eigenvalue weighted by Crippen LogP contribution is 2.18. The van der Waals surface area contributed by atoms with Gasteiger partial charge >= 0.3 is 0 Å². The molecule has 2 fully saturated rings. The van der Waals surface area contributed by atoms with Crippen LogP contribution in [0.15, 0.2) is 0 Å². The number of aliphatic hydroxyl groups excluding tert-OH is 1. The minimum Gasteiger partial charge on any atom is -0.389 e. The van der Waals surface area contributed by atoms with Crippen LogP contribution in [0.1, 0.15) is 20.3 Å². The summed E-state index contributed by atoms with van der Waals surface area (Å²) < 4.78 is 10.8. The summed E-state index contributed by atoms with van der Waals surface area (Å²) in [5, 5.41) is 9.97. The van der Waals surface area contributed by atoms with Gasteiger partial charge in [-0.25, -0.2) is 0 Å². The van der Waals surface area contributed by atoms with Crippen molar-refractivity contribution in [2.75, 3.05) is 59.1 Å². The van der Waals surface area contributed by atoms with Crippen LogP contribution >= 0.6 is 0 Å². The number of likely N-dealkylation sites (tertiary alicyclic amines) is 1. The molecular weight excluding hydrogens is 256 g/mol. The van der Waals surface area contributed by atoms with Crippen LogP contribution in [0.25, 0.3) is 0 Å². The molecular formula is C15H30N2O3. The predicted molar refractivity (Wildman–Crippen MR) is 78.9 cm³/mol. The van der Waals surface area contributed by atoms with E-state index in [2.05, 4.69) is 9.80 Å². The van der Waals surface area contributed by atoms with Gasteiger partial charge < -0.3 is 19.5 Å². The molecule has 0 bridgehead atoms. The quantitative estimate of drug-likeness (QED) is 0.735. The third-order valence-electron chi connectivity index (χ3n) is 4.08. The Hall–Kier alpha value is -0.200. The number of hydrogen-bond donors (Lipinski definition) is 1. The van der Waals surface area contributed by atoms with Crippen LogP contribution < -0.4 is 0 Å². The van der Waals surface area contributed by atoms with Crippen molar-refractivity contribution in [1.82, 2.24) is 9.80 Å². The molecule has 2 rings (SSSR count). The second-order valence-corrected chi connectivity index (χ2v) is 6.36. The second-order valence-electron chi connectivity index (χ2n) is 6.36. The number of rotatable bonds is 7. The second kappa shape index (κ2) is 8.29. The lowest BCUT2D eigenvalue weighted by atomic mass is 10.1. The normalized spacial score (nSPS) is 27.3. The molecule has 0 aromatic rings. The Balaban J connectivity index is 1.61. The van der Waals surface area contributed by atoms with Gasteiger partial charge in [-0.1, -0.05) is 0 Å². The average molecular weight is 286 g/mol. The number of morpholine rings is 1. The monoisotopic (exact) mass is 286 g/mol. The fourth-order valence-corrected chi connectivity index (χ4v) is 3.03. The largest absolute Gasteiger partial charge is 0.389 e. The van der Waals surface area contributed by atoms with Crippen molar-refractivity contribution in [1.29, 1.82) is 0 Å². The maximum Gasteiger partial charge on any atom is 0.0900 e. The highest BCUT2D eigenvalue weighted by molar-refractivity contribution is 4.80. The van der Waals surface area contributed by atoms with Gasteiger partial charge in [-0.3, -0.25) is 4.90 Å². The summed E-state index contributed by atoms with van der Waals surface area (Å²) in [5.41, 5.74) is 0. The summed E-state index contributed by atoms with van der Waals surface area (Å²) in [6.45, 7) is 12.5. The van der Waals surface area contributed by atoms with E-state index in [1.165, 1.54) is 13.0 Å². The van der Waals surface area contributed by atoms with Crippen molar-refractivity contribution < 1.29 is 14.6 Å². The summed E-state index contributed by atoms with van der Waals surface area (Å²) >= 11 is 0. The zero-order valence-corrected chi connectivity index (χ0v) is 13.0.